The van der Waals surface area contributed by atoms with E-state index in [1.165, 1.54) is 23.4 Å². The van der Waals surface area contributed by atoms with Crippen molar-refractivity contribution in [3.63, 3.8) is 0 Å². The Bertz CT molecular complexity index is 203. The summed E-state index contributed by atoms with van der Waals surface area (Å²) in [6, 6.07) is 8.47. The summed E-state index contributed by atoms with van der Waals surface area (Å²) in [5.41, 5.74) is 0. The van der Waals surface area contributed by atoms with Crippen molar-refractivity contribution in [1.82, 2.24) is 4.98 Å². The second-order valence-corrected chi connectivity index (χ2v) is 8.65. The fourth-order valence-corrected chi connectivity index (χ4v) is 5.46. The van der Waals surface area contributed by atoms with Crippen molar-refractivity contribution in [2.45, 2.75) is 38.9 Å². The Morgan fingerprint density at radius 2 is 1.75 bits per heavy atom. The Morgan fingerprint density at radius 3 is 2.08 bits per heavy atom. The molecule has 1 N–H and O–H groups in total. The fraction of sp³-hybridized carbons (Fsp3) is 0.600. The molecule has 68 valence electrons. The summed E-state index contributed by atoms with van der Waals surface area (Å²) in [5.74, 6) is 0. The summed E-state index contributed by atoms with van der Waals surface area (Å²) in [4.78, 5) is 3.39. The van der Waals surface area contributed by atoms with Gasteiger partial charge in [-0.1, -0.05) is 38.9 Å². The molecule has 1 nitrogen and oxygen atoms in total. The van der Waals surface area contributed by atoms with Gasteiger partial charge in [0.2, 0.25) is 0 Å². The third-order valence-electron chi connectivity index (χ3n) is 3.20. The van der Waals surface area contributed by atoms with Gasteiger partial charge in [-0.2, -0.15) is 0 Å². The molecule has 0 saturated carbocycles. The maximum Gasteiger partial charge on any atom is 0.106 e. The number of nitrogens with one attached hydrogen (secondary N) is 1. The Balaban J connectivity index is 2.93. The van der Waals surface area contributed by atoms with Crippen LogP contribution in [0.1, 0.15) is 20.8 Å². The van der Waals surface area contributed by atoms with Crippen LogP contribution in [0.25, 0.3) is 0 Å². The molecule has 12 heavy (non-hydrogen) atoms. The summed E-state index contributed by atoms with van der Waals surface area (Å²) in [7, 11) is -1.10. The standard InChI is InChI=1S/C10H19NSi/c1-4-12(5-2,6-3)10-8-7-9-11-10/h7-9,11H,4-6H2,1-3H3. The predicted molar refractivity (Wildman–Crippen MR) is 57.6 cm³/mol. The van der Waals surface area contributed by atoms with E-state index in [1.807, 2.05) is 0 Å². The smallest absolute Gasteiger partial charge is 0.106 e. The van der Waals surface area contributed by atoms with E-state index in [2.05, 4.69) is 44.1 Å². The molecule has 2 heteroatoms. The highest BCUT2D eigenvalue weighted by molar-refractivity contribution is 6.91. The lowest BCUT2D eigenvalue weighted by Crippen LogP contribution is -2.46. The van der Waals surface area contributed by atoms with Crippen molar-refractivity contribution in [3.8, 4) is 0 Å². The summed E-state index contributed by atoms with van der Waals surface area (Å²) in [6.07, 6.45) is 2.05. The summed E-state index contributed by atoms with van der Waals surface area (Å²) in [5, 5.41) is 1.54. The minimum atomic E-state index is -1.10. The Labute approximate surface area is 76.2 Å². The van der Waals surface area contributed by atoms with Gasteiger partial charge in [0.15, 0.2) is 0 Å². The summed E-state index contributed by atoms with van der Waals surface area (Å²) in [6.45, 7) is 7.00. The quantitative estimate of drug-likeness (QED) is 0.688. The van der Waals surface area contributed by atoms with Crippen LogP contribution in [-0.4, -0.2) is 13.1 Å². The zero-order valence-electron chi connectivity index (χ0n) is 8.35. The second-order valence-electron chi connectivity index (χ2n) is 3.42. The van der Waals surface area contributed by atoms with Crippen molar-refractivity contribution in [2.24, 2.45) is 0 Å². The molecule has 0 aliphatic carbocycles. The average molecular weight is 181 g/mol. The highest BCUT2D eigenvalue weighted by Crippen LogP contribution is 2.18. The molecule has 1 aromatic heterocycles. The van der Waals surface area contributed by atoms with Crippen LogP contribution >= 0.6 is 0 Å². The average Bonchev–Trinajstić information content (AvgIpc) is 2.62. The van der Waals surface area contributed by atoms with Gasteiger partial charge in [0.25, 0.3) is 0 Å². The highest BCUT2D eigenvalue weighted by Gasteiger charge is 2.29. The highest BCUT2D eigenvalue weighted by atomic mass is 28.3. The first-order valence-corrected chi connectivity index (χ1v) is 7.55. The van der Waals surface area contributed by atoms with Crippen LogP contribution in [0.3, 0.4) is 0 Å². The largest absolute Gasteiger partial charge is 0.369 e. The lowest BCUT2D eigenvalue weighted by Gasteiger charge is -2.26. The number of rotatable bonds is 4. The molecule has 0 bridgehead atoms. The SMILES string of the molecule is CC[Si](CC)(CC)c1ccc[nH]1. The van der Waals surface area contributed by atoms with Gasteiger partial charge in [-0.05, 0) is 17.4 Å². The third-order valence-corrected chi connectivity index (χ3v) is 8.71. The topological polar surface area (TPSA) is 15.8 Å². The van der Waals surface area contributed by atoms with Crippen molar-refractivity contribution in [3.05, 3.63) is 18.3 Å². The number of aromatic nitrogens is 1. The lowest BCUT2D eigenvalue weighted by molar-refractivity contribution is 1.18. The molecular weight excluding hydrogens is 162 g/mol. The van der Waals surface area contributed by atoms with E-state index in [9.17, 15) is 0 Å². The van der Waals surface area contributed by atoms with Gasteiger partial charge in [0, 0.05) is 6.20 Å². The van der Waals surface area contributed by atoms with E-state index in [1.54, 1.807) is 0 Å². The minimum Gasteiger partial charge on any atom is -0.369 e. The van der Waals surface area contributed by atoms with E-state index in [4.69, 9.17) is 0 Å². The van der Waals surface area contributed by atoms with Crippen LogP contribution in [0.5, 0.6) is 0 Å². The van der Waals surface area contributed by atoms with E-state index in [0.717, 1.165) is 0 Å². The number of aromatic amines is 1. The third kappa shape index (κ3) is 1.48. The molecule has 0 aromatic carbocycles. The molecule has 0 aliphatic heterocycles. The van der Waals surface area contributed by atoms with E-state index >= 15 is 0 Å². The molecule has 0 fully saturated rings. The first-order valence-electron chi connectivity index (χ1n) is 4.93. The summed E-state index contributed by atoms with van der Waals surface area (Å²) < 4.78 is 0. The van der Waals surface area contributed by atoms with Gasteiger partial charge in [-0.25, -0.2) is 0 Å². The van der Waals surface area contributed by atoms with Gasteiger partial charge in [0.05, 0.1) is 0 Å². The maximum absolute atomic E-state index is 3.39. The molecule has 1 heterocycles. The van der Waals surface area contributed by atoms with Crippen LogP contribution in [0.15, 0.2) is 18.3 Å². The van der Waals surface area contributed by atoms with Crippen LogP contribution in [0.2, 0.25) is 18.1 Å². The van der Waals surface area contributed by atoms with Gasteiger partial charge < -0.3 is 4.98 Å². The number of hydrogen-bond donors (Lipinski definition) is 1. The zero-order valence-corrected chi connectivity index (χ0v) is 9.35. The summed E-state index contributed by atoms with van der Waals surface area (Å²) >= 11 is 0. The maximum atomic E-state index is 3.39. The molecule has 0 atom stereocenters. The van der Waals surface area contributed by atoms with Gasteiger partial charge >= 0.3 is 0 Å². The molecular formula is C10H19NSi. The molecule has 0 amide bonds. The molecule has 0 saturated heterocycles. The zero-order chi connectivity index (χ0) is 9.03. The minimum absolute atomic E-state index is 1.10. The molecule has 1 rings (SSSR count). The predicted octanol–water partition coefficient (Wildman–Crippen LogP) is 2.73. The van der Waals surface area contributed by atoms with Gasteiger partial charge in [0.1, 0.15) is 8.07 Å². The van der Waals surface area contributed by atoms with Crippen LogP contribution in [-0.2, 0) is 0 Å². The van der Waals surface area contributed by atoms with Crippen LogP contribution < -0.4 is 5.32 Å². The second kappa shape index (κ2) is 3.94. The van der Waals surface area contributed by atoms with Crippen LogP contribution in [0, 0.1) is 0 Å². The Hall–Kier alpha value is -0.503. The number of hydrogen-bond acceptors (Lipinski definition) is 0. The van der Waals surface area contributed by atoms with E-state index < -0.39 is 8.07 Å². The molecule has 0 spiro atoms. The van der Waals surface area contributed by atoms with Gasteiger partial charge in [-0.3, -0.25) is 0 Å². The van der Waals surface area contributed by atoms with Crippen molar-refractivity contribution < 1.29 is 0 Å². The molecule has 0 aliphatic rings. The molecule has 0 unspecified atom stereocenters. The van der Waals surface area contributed by atoms with Crippen molar-refractivity contribution in [2.75, 3.05) is 0 Å². The lowest BCUT2D eigenvalue weighted by atomic mass is 10.7. The Morgan fingerprint density at radius 1 is 1.17 bits per heavy atom. The molecule has 1 aromatic rings. The molecule has 0 radical (unpaired) electrons. The van der Waals surface area contributed by atoms with Crippen molar-refractivity contribution in [1.29, 1.82) is 0 Å². The number of H-pyrrole nitrogens is 1. The van der Waals surface area contributed by atoms with Crippen molar-refractivity contribution >= 4 is 13.4 Å². The van der Waals surface area contributed by atoms with Crippen LogP contribution in [0.4, 0.5) is 0 Å². The van der Waals surface area contributed by atoms with Gasteiger partial charge in [-0.15, -0.1) is 0 Å². The van der Waals surface area contributed by atoms with E-state index in [0.29, 0.717) is 0 Å². The normalized spacial score (nSPS) is 11.9. The first kappa shape index (κ1) is 9.58. The van der Waals surface area contributed by atoms with E-state index in [-0.39, 0.29) is 0 Å². The first-order chi connectivity index (χ1) is 5.79. The Kier molecular flexibility index (Phi) is 3.15. The monoisotopic (exact) mass is 181 g/mol. The fourth-order valence-electron chi connectivity index (χ4n) is 1.98.